The quantitative estimate of drug-likeness (QED) is 0.341. The van der Waals surface area contributed by atoms with E-state index < -0.39 is 0 Å². The van der Waals surface area contributed by atoms with Gasteiger partial charge in [-0.25, -0.2) is 15.8 Å². The van der Waals surface area contributed by atoms with Gasteiger partial charge in [0.25, 0.3) is 0 Å². The number of guanidine groups is 1. The number of imidazole rings is 1. The lowest BCUT2D eigenvalue weighted by Crippen LogP contribution is -2.48. The Bertz CT molecular complexity index is 446. The third-order valence-corrected chi connectivity index (χ3v) is 4.05. The van der Waals surface area contributed by atoms with Crippen molar-refractivity contribution in [2.24, 2.45) is 10.8 Å². The number of aliphatic imine (C=N–C) groups is 1. The van der Waals surface area contributed by atoms with Crippen molar-refractivity contribution in [3.8, 4) is 0 Å². The van der Waals surface area contributed by atoms with Crippen molar-refractivity contribution in [3.63, 3.8) is 0 Å². The summed E-state index contributed by atoms with van der Waals surface area (Å²) in [6.45, 7) is 2.66. The molecule has 0 amide bonds. The van der Waals surface area contributed by atoms with Gasteiger partial charge in [0.1, 0.15) is 5.82 Å². The number of hydrazine groups is 1. The van der Waals surface area contributed by atoms with Crippen LogP contribution in [-0.2, 0) is 13.1 Å². The third-order valence-electron chi connectivity index (χ3n) is 4.05. The first-order valence-corrected chi connectivity index (χ1v) is 7.16. The van der Waals surface area contributed by atoms with Crippen LogP contribution in [0.2, 0.25) is 0 Å². The van der Waals surface area contributed by atoms with Gasteiger partial charge in [-0.1, -0.05) is 19.3 Å². The van der Waals surface area contributed by atoms with Gasteiger partial charge in [0.15, 0.2) is 0 Å². The minimum Gasteiger partial charge on any atom is -0.333 e. The number of aromatic nitrogens is 2. The second-order valence-corrected chi connectivity index (χ2v) is 5.35. The average molecular weight is 262 g/mol. The number of nitrogens with one attached hydrogen (secondary N) is 1. The molecular formula is C13H22N6. The number of rotatable bonds is 1. The van der Waals surface area contributed by atoms with Crippen LogP contribution in [0.5, 0.6) is 0 Å². The van der Waals surface area contributed by atoms with E-state index in [2.05, 4.69) is 19.9 Å². The molecule has 1 aliphatic carbocycles. The summed E-state index contributed by atoms with van der Waals surface area (Å²) < 4.78 is 2.19. The van der Waals surface area contributed by atoms with Crippen LogP contribution in [0.4, 0.5) is 0 Å². The van der Waals surface area contributed by atoms with Gasteiger partial charge < -0.3 is 9.47 Å². The summed E-state index contributed by atoms with van der Waals surface area (Å²) in [5.41, 5.74) is 2.78. The molecule has 0 aromatic carbocycles. The number of hydrogen-bond acceptors (Lipinski definition) is 3. The Morgan fingerprint density at radius 3 is 2.95 bits per heavy atom. The van der Waals surface area contributed by atoms with Crippen molar-refractivity contribution >= 4 is 5.96 Å². The molecule has 0 atom stereocenters. The maximum Gasteiger partial charge on any atom is 0.209 e. The lowest BCUT2D eigenvalue weighted by molar-refractivity contribution is 0.315. The van der Waals surface area contributed by atoms with E-state index in [4.69, 9.17) is 10.8 Å². The Labute approximate surface area is 113 Å². The van der Waals surface area contributed by atoms with Crippen molar-refractivity contribution < 1.29 is 0 Å². The van der Waals surface area contributed by atoms with E-state index in [-0.39, 0.29) is 0 Å². The van der Waals surface area contributed by atoms with Crippen molar-refractivity contribution in [1.82, 2.24) is 19.9 Å². The Balaban J connectivity index is 1.70. The molecule has 0 spiro atoms. The highest BCUT2D eigenvalue weighted by Crippen LogP contribution is 2.21. The smallest absolute Gasteiger partial charge is 0.209 e. The Kier molecular flexibility index (Phi) is 3.68. The van der Waals surface area contributed by atoms with Gasteiger partial charge in [-0.15, -0.1) is 0 Å². The molecule has 1 fully saturated rings. The standard InChI is InChI=1S/C13H22N6/c14-17-13(16-11-4-2-1-3-5-11)19-9-8-18-7-6-15-12(18)10-19/h6-7,11H,1-5,8-10,14H2,(H,16,17). The zero-order chi connectivity index (χ0) is 13.1. The maximum absolute atomic E-state index is 5.67. The van der Waals surface area contributed by atoms with Crippen LogP contribution in [0.1, 0.15) is 37.9 Å². The van der Waals surface area contributed by atoms with Crippen LogP contribution in [0.15, 0.2) is 17.4 Å². The molecule has 0 saturated heterocycles. The van der Waals surface area contributed by atoms with Gasteiger partial charge in [0.2, 0.25) is 5.96 Å². The van der Waals surface area contributed by atoms with Gasteiger partial charge in [-0.05, 0) is 12.8 Å². The summed E-state index contributed by atoms with van der Waals surface area (Å²) in [6, 6.07) is 0.432. The largest absolute Gasteiger partial charge is 0.333 e. The first-order chi connectivity index (χ1) is 9.36. The average Bonchev–Trinajstić information content (AvgIpc) is 2.93. The molecule has 1 aromatic heterocycles. The van der Waals surface area contributed by atoms with Crippen LogP contribution >= 0.6 is 0 Å². The molecule has 2 heterocycles. The number of fused-ring (bicyclic) bond motifs is 1. The minimum absolute atomic E-state index is 0.432. The Hall–Kier alpha value is -1.56. The molecule has 0 radical (unpaired) electrons. The summed E-state index contributed by atoms with van der Waals surface area (Å²) in [4.78, 5) is 11.4. The van der Waals surface area contributed by atoms with Crippen molar-refractivity contribution in [2.45, 2.75) is 51.2 Å². The molecule has 1 saturated carbocycles. The summed E-state index contributed by atoms with van der Waals surface area (Å²) >= 11 is 0. The summed E-state index contributed by atoms with van der Waals surface area (Å²) in [5, 5.41) is 0. The van der Waals surface area contributed by atoms with E-state index in [0.717, 1.165) is 31.4 Å². The van der Waals surface area contributed by atoms with E-state index in [1.807, 2.05) is 12.4 Å². The first kappa shape index (κ1) is 12.5. The highest BCUT2D eigenvalue weighted by molar-refractivity contribution is 5.79. The normalized spacial score (nSPS) is 21.3. The van der Waals surface area contributed by atoms with Crippen LogP contribution in [0.3, 0.4) is 0 Å². The zero-order valence-corrected chi connectivity index (χ0v) is 11.3. The van der Waals surface area contributed by atoms with Crippen molar-refractivity contribution in [3.05, 3.63) is 18.2 Å². The summed E-state index contributed by atoms with van der Waals surface area (Å²) in [7, 11) is 0. The van der Waals surface area contributed by atoms with E-state index in [1.165, 1.54) is 32.1 Å². The fourth-order valence-corrected chi connectivity index (χ4v) is 2.95. The molecule has 0 unspecified atom stereocenters. The molecule has 1 aromatic rings. The monoisotopic (exact) mass is 262 g/mol. The number of nitrogens with two attached hydrogens (primary N) is 1. The topological polar surface area (TPSA) is 71.5 Å². The van der Waals surface area contributed by atoms with Crippen molar-refractivity contribution in [2.75, 3.05) is 6.54 Å². The first-order valence-electron chi connectivity index (χ1n) is 7.16. The van der Waals surface area contributed by atoms with Gasteiger partial charge >= 0.3 is 0 Å². The predicted molar refractivity (Wildman–Crippen MR) is 74.3 cm³/mol. The van der Waals surface area contributed by atoms with E-state index in [1.54, 1.807) is 0 Å². The molecule has 2 aliphatic rings. The second kappa shape index (κ2) is 5.61. The SMILES string of the molecule is NNC(=NC1CCCCC1)N1CCn2ccnc2C1. The summed E-state index contributed by atoms with van der Waals surface area (Å²) in [5.74, 6) is 7.57. The highest BCUT2D eigenvalue weighted by atomic mass is 15.4. The molecule has 6 nitrogen and oxygen atoms in total. The van der Waals surface area contributed by atoms with Crippen LogP contribution in [-0.4, -0.2) is 33.0 Å². The number of hydrogen-bond donors (Lipinski definition) is 2. The third kappa shape index (κ3) is 2.73. The van der Waals surface area contributed by atoms with E-state index in [9.17, 15) is 0 Å². The highest BCUT2D eigenvalue weighted by Gasteiger charge is 2.21. The van der Waals surface area contributed by atoms with Crippen LogP contribution < -0.4 is 11.3 Å². The van der Waals surface area contributed by atoms with E-state index in [0.29, 0.717) is 6.04 Å². The van der Waals surface area contributed by atoms with Gasteiger partial charge in [0.05, 0.1) is 12.6 Å². The van der Waals surface area contributed by atoms with Gasteiger partial charge in [0, 0.05) is 25.5 Å². The van der Waals surface area contributed by atoms with Crippen LogP contribution in [0, 0.1) is 0 Å². The second-order valence-electron chi connectivity index (χ2n) is 5.35. The van der Waals surface area contributed by atoms with Gasteiger partial charge in [-0.2, -0.15) is 0 Å². The zero-order valence-electron chi connectivity index (χ0n) is 11.3. The Morgan fingerprint density at radius 2 is 2.16 bits per heavy atom. The number of nitrogens with zero attached hydrogens (tertiary/aromatic N) is 4. The molecule has 6 heteroatoms. The summed E-state index contributed by atoms with van der Waals surface area (Å²) in [6.07, 6.45) is 10.2. The van der Waals surface area contributed by atoms with E-state index >= 15 is 0 Å². The minimum atomic E-state index is 0.432. The maximum atomic E-state index is 5.67. The molecular weight excluding hydrogens is 240 g/mol. The van der Waals surface area contributed by atoms with Crippen molar-refractivity contribution in [1.29, 1.82) is 0 Å². The fraction of sp³-hybridized carbons (Fsp3) is 0.692. The lowest BCUT2D eigenvalue weighted by Gasteiger charge is -2.31. The predicted octanol–water partition coefficient (Wildman–Crippen LogP) is 0.851. The molecule has 19 heavy (non-hydrogen) atoms. The molecule has 3 N–H and O–H groups in total. The molecule has 3 rings (SSSR count). The molecule has 0 bridgehead atoms. The van der Waals surface area contributed by atoms with Crippen LogP contribution in [0.25, 0.3) is 0 Å². The molecule has 104 valence electrons. The lowest BCUT2D eigenvalue weighted by atomic mass is 9.96. The molecule has 1 aliphatic heterocycles. The fourth-order valence-electron chi connectivity index (χ4n) is 2.95. The Morgan fingerprint density at radius 1 is 1.32 bits per heavy atom. The van der Waals surface area contributed by atoms with Gasteiger partial charge in [-0.3, -0.25) is 5.43 Å².